The van der Waals surface area contributed by atoms with Crippen molar-refractivity contribution in [2.24, 2.45) is 0 Å². The summed E-state index contributed by atoms with van der Waals surface area (Å²) >= 11 is 0. The van der Waals surface area contributed by atoms with Gasteiger partial charge in [0.25, 0.3) is 0 Å². The lowest BCUT2D eigenvalue weighted by molar-refractivity contribution is 0.0251. The van der Waals surface area contributed by atoms with E-state index >= 15 is 0 Å². The van der Waals surface area contributed by atoms with Crippen LogP contribution < -0.4 is 9.47 Å². The molecule has 0 amide bonds. The number of sulfone groups is 1. The van der Waals surface area contributed by atoms with E-state index in [-0.39, 0.29) is 20.8 Å². The molecule has 1 aliphatic rings. The number of hydrogen-bond donors (Lipinski definition) is 0. The van der Waals surface area contributed by atoms with Gasteiger partial charge in [0.05, 0.1) is 15.4 Å². The third-order valence-corrected chi connectivity index (χ3v) is 9.90. The number of benzene rings is 5. The van der Waals surface area contributed by atoms with Gasteiger partial charge >= 0.3 is 5.97 Å². The lowest BCUT2D eigenvalue weighted by atomic mass is 9.80. The predicted octanol–water partition coefficient (Wildman–Crippen LogP) is 9.25. The summed E-state index contributed by atoms with van der Waals surface area (Å²) in [4.78, 5) is 13.6. The van der Waals surface area contributed by atoms with E-state index in [4.69, 9.17) is 14.2 Å². The van der Waals surface area contributed by atoms with E-state index < -0.39 is 21.4 Å². The smallest absolute Gasteiger partial charge is 0.340 e. The molecule has 5 aromatic rings. The predicted molar refractivity (Wildman–Crippen MR) is 182 cm³/mol. The summed E-state index contributed by atoms with van der Waals surface area (Å²) < 4.78 is 44.9. The van der Waals surface area contributed by atoms with E-state index in [0.717, 1.165) is 28.0 Å². The molecule has 0 radical (unpaired) electrons. The van der Waals surface area contributed by atoms with Gasteiger partial charge in [0.1, 0.15) is 22.8 Å². The molecule has 47 heavy (non-hydrogen) atoms. The van der Waals surface area contributed by atoms with E-state index in [1.165, 1.54) is 0 Å². The van der Waals surface area contributed by atoms with Crippen LogP contribution in [0.1, 0.15) is 74.2 Å². The maximum atomic E-state index is 13.3. The standard InChI is InChI=1S/C40H38O6S/c1-38(2,3)27-15-23-33(24-16-27)47(42,43)34-25-21-31(22-26-34)44-30-17-11-28(12-18-30)40(36-10-8-7-9-35(36)37(41)46-40)29-13-19-32(20-14-29)45-39(4,5)6/h7-26H,1-6H3. The number of carbonyl (C=O) groups is 1. The molecule has 7 heteroatoms. The highest BCUT2D eigenvalue weighted by atomic mass is 32.2. The molecule has 1 heterocycles. The van der Waals surface area contributed by atoms with Crippen molar-refractivity contribution in [1.82, 2.24) is 0 Å². The number of rotatable bonds is 7. The van der Waals surface area contributed by atoms with Gasteiger partial charge in [-0.1, -0.05) is 75.4 Å². The Morgan fingerprint density at radius 1 is 0.596 bits per heavy atom. The monoisotopic (exact) mass is 646 g/mol. The average Bonchev–Trinajstić information content (AvgIpc) is 3.34. The van der Waals surface area contributed by atoms with Crippen LogP contribution in [0.25, 0.3) is 0 Å². The normalized spacial score (nSPS) is 16.3. The Labute approximate surface area is 276 Å². The number of carbonyl (C=O) groups excluding carboxylic acids is 1. The van der Waals surface area contributed by atoms with Crippen molar-refractivity contribution < 1.29 is 27.4 Å². The molecule has 5 aromatic carbocycles. The third-order valence-electron chi connectivity index (χ3n) is 8.12. The van der Waals surface area contributed by atoms with Gasteiger partial charge in [0.15, 0.2) is 5.60 Å². The molecule has 0 saturated heterocycles. The van der Waals surface area contributed by atoms with E-state index in [0.29, 0.717) is 17.1 Å². The zero-order valence-electron chi connectivity index (χ0n) is 27.4. The number of fused-ring (bicyclic) bond motifs is 1. The van der Waals surface area contributed by atoms with Gasteiger partial charge in [0.2, 0.25) is 9.84 Å². The SMILES string of the molecule is CC(C)(C)Oc1ccc(C2(c3ccc(Oc4ccc(S(=O)(=O)c5ccc(C(C)(C)C)cc5)cc4)cc3)OC(=O)c3ccccc32)cc1. The van der Waals surface area contributed by atoms with Crippen molar-refractivity contribution in [2.45, 2.75) is 68.0 Å². The van der Waals surface area contributed by atoms with Crippen LogP contribution in [0.15, 0.2) is 131 Å². The molecule has 1 aliphatic heterocycles. The van der Waals surface area contributed by atoms with Gasteiger partial charge in [-0.15, -0.1) is 0 Å². The van der Waals surface area contributed by atoms with Crippen molar-refractivity contribution in [2.75, 3.05) is 0 Å². The summed E-state index contributed by atoms with van der Waals surface area (Å²) in [7, 11) is -3.68. The topological polar surface area (TPSA) is 78.9 Å². The Hall–Kier alpha value is -4.88. The molecule has 0 aliphatic carbocycles. The Balaban J connectivity index is 1.26. The average molecular weight is 647 g/mol. The van der Waals surface area contributed by atoms with Gasteiger partial charge in [-0.3, -0.25) is 0 Å². The molecule has 0 saturated carbocycles. The first-order valence-corrected chi connectivity index (χ1v) is 17.0. The fourth-order valence-electron chi connectivity index (χ4n) is 5.77. The van der Waals surface area contributed by atoms with Crippen molar-refractivity contribution in [1.29, 1.82) is 0 Å². The second kappa shape index (κ2) is 11.7. The maximum Gasteiger partial charge on any atom is 0.340 e. The molecule has 1 atom stereocenters. The van der Waals surface area contributed by atoms with Crippen LogP contribution in [-0.4, -0.2) is 20.0 Å². The minimum absolute atomic E-state index is 0.0704. The largest absolute Gasteiger partial charge is 0.488 e. The molecule has 6 rings (SSSR count). The second-order valence-corrected chi connectivity index (χ2v) is 15.7. The minimum atomic E-state index is -3.68. The first-order valence-electron chi connectivity index (χ1n) is 15.5. The first-order chi connectivity index (χ1) is 22.2. The van der Waals surface area contributed by atoms with E-state index in [1.807, 2.05) is 99.6 Å². The number of esters is 1. The van der Waals surface area contributed by atoms with Crippen LogP contribution in [0.2, 0.25) is 0 Å². The molecule has 240 valence electrons. The molecule has 0 fully saturated rings. The molecule has 0 bridgehead atoms. The molecular weight excluding hydrogens is 609 g/mol. The van der Waals surface area contributed by atoms with Crippen LogP contribution >= 0.6 is 0 Å². The Kier molecular flexibility index (Phi) is 8.00. The lowest BCUT2D eigenvalue weighted by Gasteiger charge is -2.31. The highest BCUT2D eigenvalue weighted by Crippen LogP contribution is 2.47. The Morgan fingerprint density at radius 2 is 1.06 bits per heavy atom. The van der Waals surface area contributed by atoms with Crippen molar-refractivity contribution in [3.63, 3.8) is 0 Å². The molecule has 1 unspecified atom stereocenters. The van der Waals surface area contributed by atoms with Gasteiger partial charge in [-0.05, 0) is 98.5 Å². The molecule has 0 N–H and O–H groups in total. The summed E-state index contributed by atoms with van der Waals surface area (Å²) in [6.07, 6.45) is 0. The molecule has 0 spiro atoms. The summed E-state index contributed by atoms with van der Waals surface area (Å²) in [6.45, 7) is 12.2. The number of cyclic esters (lactones) is 1. The van der Waals surface area contributed by atoms with Gasteiger partial charge in [-0.2, -0.15) is 0 Å². The molecular formula is C40H38O6S. The van der Waals surface area contributed by atoms with E-state index in [1.54, 1.807) is 42.5 Å². The van der Waals surface area contributed by atoms with Crippen LogP contribution in [0.3, 0.4) is 0 Å². The summed E-state index contributed by atoms with van der Waals surface area (Å²) in [5.74, 6) is 1.36. The van der Waals surface area contributed by atoms with Gasteiger partial charge in [-0.25, -0.2) is 13.2 Å². The highest BCUT2D eigenvalue weighted by molar-refractivity contribution is 7.91. The quantitative estimate of drug-likeness (QED) is 0.164. The van der Waals surface area contributed by atoms with Gasteiger partial charge < -0.3 is 14.2 Å². The van der Waals surface area contributed by atoms with E-state index in [9.17, 15) is 13.2 Å². The molecule has 6 nitrogen and oxygen atoms in total. The molecule has 0 aromatic heterocycles. The van der Waals surface area contributed by atoms with Crippen LogP contribution in [0, 0.1) is 0 Å². The van der Waals surface area contributed by atoms with Crippen LogP contribution in [-0.2, 0) is 25.6 Å². The zero-order valence-corrected chi connectivity index (χ0v) is 28.2. The third kappa shape index (κ3) is 6.28. The van der Waals surface area contributed by atoms with Crippen molar-refractivity contribution in [3.8, 4) is 17.2 Å². The summed E-state index contributed by atoms with van der Waals surface area (Å²) in [5.41, 5.74) is 2.30. The van der Waals surface area contributed by atoms with Gasteiger partial charge in [0, 0.05) is 16.7 Å². The Bertz CT molecular complexity index is 2020. The fourth-order valence-corrected chi connectivity index (χ4v) is 7.04. The summed E-state index contributed by atoms with van der Waals surface area (Å²) in [5, 5.41) is 0. The first kappa shape index (κ1) is 32.1. The Morgan fingerprint density at radius 3 is 1.57 bits per heavy atom. The van der Waals surface area contributed by atoms with Crippen LogP contribution in [0.4, 0.5) is 0 Å². The number of ether oxygens (including phenoxy) is 3. The summed E-state index contributed by atoms with van der Waals surface area (Å²) in [6, 6.07) is 35.8. The van der Waals surface area contributed by atoms with Crippen molar-refractivity contribution >= 4 is 15.8 Å². The van der Waals surface area contributed by atoms with Crippen LogP contribution in [0.5, 0.6) is 17.2 Å². The highest BCUT2D eigenvalue weighted by Gasteiger charge is 2.48. The number of hydrogen-bond acceptors (Lipinski definition) is 6. The maximum absolute atomic E-state index is 13.3. The van der Waals surface area contributed by atoms with Crippen molar-refractivity contribution in [3.05, 3.63) is 149 Å². The lowest BCUT2D eigenvalue weighted by Crippen LogP contribution is -2.29. The minimum Gasteiger partial charge on any atom is -0.488 e. The fraction of sp³-hybridized carbons (Fsp3) is 0.225. The van der Waals surface area contributed by atoms with E-state index in [2.05, 4.69) is 20.8 Å². The second-order valence-electron chi connectivity index (χ2n) is 13.7. The zero-order chi connectivity index (χ0) is 33.6.